The van der Waals surface area contributed by atoms with E-state index in [1.807, 2.05) is 30.3 Å². The van der Waals surface area contributed by atoms with E-state index in [-0.39, 0.29) is 23.8 Å². The molecule has 0 unspecified atom stereocenters. The zero-order valence-corrected chi connectivity index (χ0v) is 20.4. The standard InChI is InChI=1S/C24H38N6O4/c1-24(2,3)34-23(33)29-19(15-17-9-5-4-6-10-17)21(32)30-14-8-11-18(30)16-28-20(31)12-7-13-27-22(25)26/h4-6,9-10,18-19H,7-8,11-16H2,1-3H3,(H,28,31)(H,29,33)(H4,25,26,27)/t18-,19+/m1/s1. The Hall–Kier alpha value is -3.30. The summed E-state index contributed by atoms with van der Waals surface area (Å²) in [5.41, 5.74) is 5.48. The van der Waals surface area contributed by atoms with Crippen molar-refractivity contribution in [1.82, 2.24) is 20.9 Å². The molecule has 1 heterocycles. The Labute approximate surface area is 201 Å². The molecule has 188 valence electrons. The molecule has 0 radical (unpaired) electrons. The number of carbonyl (C=O) groups excluding carboxylic acids is 3. The minimum Gasteiger partial charge on any atom is -0.444 e. The van der Waals surface area contributed by atoms with Crippen molar-refractivity contribution in [2.24, 2.45) is 5.73 Å². The van der Waals surface area contributed by atoms with Gasteiger partial charge in [0.05, 0.1) is 0 Å². The molecule has 0 bridgehead atoms. The van der Waals surface area contributed by atoms with Gasteiger partial charge in [-0.05, 0) is 45.6 Å². The minimum absolute atomic E-state index is 0.114. The Morgan fingerprint density at radius 2 is 1.91 bits per heavy atom. The number of benzene rings is 1. The van der Waals surface area contributed by atoms with E-state index < -0.39 is 17.7 Å². The fraction of sp³-hybridized carbons (Fsp3) is 0.583. The van der Waals surface area contributed by atoms with Gasteiger partial charge >= 0.3 is 6.09 Å². The van der Waals surface area contributed by atoms with Crippen molar-refractivity contribution in [1.29, 1.82) is 5.41 Å². The lowest BCUT2D eigenvalue weighted by Crippen LogP contribution is -2.53. The monoisotopic (exact) mass is 474 g/mol. The van der Waals surface area contributed by atoms with Crippen molar-refractivity contribution in [3.8, 4) is 0 Å². The third kappa shape index (κ3) is 9.68. The third-order valence-corrected chi connectivity index (χ3v) is 5.36. The summed E-state index contributed by atoms with van der Waals surface area (Å²) in [6.45, 7) is 6.70. The molecule has 0 aromatic heterocycles. The number of nitrogens with one attached hydrogen (secondary N) is 4. The average Bonchev–Trinajstić information content (AvgIpc) is 3.22. The van der Waals surface area contributed by atoms with Gasteiger partial charge < -0.3 is 31.3 Å². The van der Waals surface area contributed by atoms with E-state index in [0.29, 0.717) is 38.9 Å². The number of guanidine groups is 1. The lowest BCUT2D eigenvalue weighted by molar-refractivity contribution is -0.134. The number of nitrogens with two attached hydrogens (primary N) is 1. The summed E-state index contributed by atoms with van der Waals surface area (Å²) in [5, 5.41) is 15.4. The van der Waals surface area contributed by atoms with Crippen LogP contribution in [0.2, 0.25) is 0 Å². The largest absolute Gasteiger partial charge is 0.444 e. The van der Waals surface area contributed by atoms with Gasteiger partial charge in [-0.2, -0.15) is 0 Å². The van der Waals surface area contributed by atoms with Crippen LogP contribution in [-0.4, -0.2) is 66.1 Å². The van der Waals surface area contributed by atoms with Crippen LogP contribution in [0.1, 0.15) is 52.0 Å². The van der Waals surface area contributed by atoms with Gasteiger partial charge in [0, 0.05) is 38.5 Å². The summed E-state index contributed by atoms with van der Waals surface area (Å²) in [4.78, 5) is 39.9. The Kier molecular flexibility index (Phi) is 10.2. The summed E-state index contributed by atoms with van der Waals surface area (Å²) < 4.78 is 5.38. The lowest BCUT2D eigenvalue weighted by atomic mass is 10.0. The topological polar surface area (TPSA) is 150 Å². The molecular weight excluding hydrogens is 436 g/mol. The summed E-state index contributed by atoms with van der Waals surface area (Å²) >= 11 is 0. The number of nitrogens with zero attached hydrogens (tertiary/aromatic N) is 1. The molecule has 3 amide bonds. The van der Waals surface area contributed by atoms with Crippen LogP contribution < -0.4 is 21.7 Å². The van der Waals surface area contributed by atoms with Gasteiger partial charge in [-0.25, -0.2) is 4.79 Å². The number of hydrogen-bond donors (Lipinski definition) is 5. The fourth-order valence-corrected chi connectivity index (χ4v) is 3.83. The predicted octanol–water partition coefficient (Wildman–Crippen LogP) is 1.49. The zero-order valence-electron chi connectivity index (χ0n) is 20.4. The second-order valence-electron chi connectivity index (χ2n) is 9.46. The predicted molar refractivity (Wildman–Crippen MR) is 130 cm³/mol. The molecule has 1 fully saturated rings. The molecule has 10 nitrogen and oxygen atoms in total. The van der Waals surface area contributed by atoms with E-state index in [9.17, 15) is 14.4 Å². The second kappa shape index (κ2) is 12.8. The molecule has 34 heavy (non-hydrogen) atoms. The molecule has 0 saturated carbocycles. The van der Waals surface area contributed by atoms with Crippen molar-refractivity contribution in [3.63, 3.8) is 0 Å². The van der Waals surface area contributed by atoms with Crippen molar-refractivity contribution >= 4 is 23.9 Å². The molecule has 1 aliphatic rings. The first-order valence-electron chi connectivity index (χ1n) is 11.7. The van der Waals surface area contributed by atoms with Crippen LogP contribution in [0.3, 0.4) is 0 Å². The van der Waals surface area contributed by atoms with Crippen molar-refractivity contribution in [2.75, 3.05) is 19.6 Å². The first kappa shape index (κ1) is 26.9. The number of rotatable bonds is 10. The number of carbonyl (C=O) groups is 3. The van der Waals surface area contributed by atoms with E-state index in [1.165, 1.54) is 0 Å². The average molecular weight is 475 g/mol. The molecule has 6 N–H and O–H groups in total. The summed E-state index contributed by atoms with van der Waals surface area (Å²) in [6, 6.07) is 8.61. The van der Waals surface area contributed by atoms with Gasteiger partial charge in [-0.15, -0.1) is 0 Å². The van der Waals surface area contributed by atoms with Gasteiger partial charge in [0.15, 0.2) is 5.96 Å². The van der Waals surface area contributed by atoms with Crippen LogP contribution in [0.15, 0.2) is 30.3 Å². The van der Waals surface area contributed by atoms with E-state index in [4.69, 9.17) is 15.9 Å². The SMILES string of the molecule is CC(C)(C)OC(=O)N[C@@H](Cc1ccccc1)C(=O)N1CCC[C@@H]1CNC(=O)CCCNC(=N)N. The minimum atomic E-state index is -0.772. The Balaban J connectivity index is 1.98. The highest BCUT2D eigenvalue weighted by Crippen LogP contribution is 2.19. The van der Waals surface area contributed by atoms with Gasteiger partial charge in [-0.3, -0.25) is 15.0 Å². The Morgan fingerprint density at radius 1 is 1.21 bits per heavy atom. The molecular formula is C24H38N6O4. The van der Waals surface area contributed by atoms with Gasteiger partial charge in [0.1, 0.15) is 11.6 Å². The quantitative estimate of drug-likeness (QED) is 0.197. The molecule has 1 aromatic rings. The van der Waals surface area contributed by atoms with Crippen LogP contribution >= 0.6 is 0 Å². The Morgan fingerprint density at radius 3 is 2.56 bits per heavy atom. The van der Waals surface area contributed by atoms with E-state index in [1.54, 1.807) is 25.7 Å². The molecule has 2 atom stereocenters. The normalized spacial score (nSPS) is 16.4. The summed E-state index contributed by atoms with van der Waals surface area (Å²) in [6.07, 6.45) is 2.18. The zero-order chi connectivity index (χ0) is 25.1. The van der Waals surface area contributed by atoms with Gasteiger partial charge in [-0.1, -0.05) is 30.3 Å². The smallest absolute Gasteiger partial charge is 0.408 e. The molecule has 2 rings (SSSR count). The number of amides is 3. The highest BCUT2D eigenvalue weighted by atomic mass is 16.6. The molecule has 0 spiro atoms. The van der Waals surface area contributed by atoms with E-state index >= 15 is 0 Å². The molecule has 10 heteroatoms. The Bertz CT molecular complexity index is 840. The fourth-order valence-electron chi connectivity index (χ4n) is 3.83. The van der Waals surface area contributed by atoms with E-state index in [0.717, 1.165) is 18.4 Å². The number of hydrogen-bond acceptors (Lipinski definition) is 5. The molecule has 1 aliphatic heterocycles. The number of alkyl carbamates (subject to hydrolysis) is 1. The first-order valence-corrected chi connectivity index (χ1v) is 11.7. The van der Waals surface area contributed by atoms with Crippen molar-refractivity contribution in [2.45, 2.75) is 70.6 Å². The van der Waals surface area contributed by atoms with Crippen molar-refractivity contribution < 1.29 is 19.1 Å². The number of likely N-dealkylation sites (tertiary alicyclic amines) is 1. The summed E-state index contributed by atoms with van der Waals surface area (Å²) in [5.74, 6) is -0.417. The highest BCUT2D eigenvalue weighted by molar-refractivity contribution is 5.86. The van der Waals surface area contributed by atoms with Crippen LogP contribution in [-0.2, 0) is 20.7 Å². The molecule has 0 aliphatic carbocycles. The van der Waals surface area contributed by atoms with Crippen LogP contribution in [0.25, 0.3) is 0 Å². The van der Waals surface area contributed by atoms with Crippen molar-refractivity contribution in [3.05, 3.63) is 35.9 Å². The molecule has 1 saturated heterocycles. The number of ether oxygens (including phenoxy) is 1. The maximum absolute atomic E-state index is 13.5. The van der Waals surface area contributed by atoms with Crippen LogP contribution in [0.5, 0.6) is 0 Å². The summed E-state index contributed by atoms with van der Waals surface area (Å²) in [7, 11) is 0. The van der Waals surface area contributed by atoms with Gasteiger partial charge in [0.2, 0.25) is 11.8 Å². The lowest BCUT2D eigenvalue weighted by Gasteiger charge is -2.30. The first-order chi connectivity index (χ1) is 16.0. The van der Waals surface area contributed by atoms with Crippen LogP contribution in [0, 0.1) is 5.41 Å². The highest BCUT2D eigenvalue weighted by Gasteiger charge is 2.34. The molecule has 1 aromatic carbocycles. The van der Waals surface area contributed by atoms with E-state index in [2.05, 4.69) is 16.0 Å². The van der Waals surface area contributed by atoms with Gasteiger partial charge in [0.25, 0.3) is 0 Å². The maximum Gasteiger partial charge on any atom is 0.408 e. The second-order valence-corrected chi connectivity index (χ2v) is 9.46. The van der Waals surface area contributed by atoms with Crippen LogP contribution in [0.4, 0.5) is 4.79 Å². The maximum atomic E-state index is 13.5. The third-order valence-electron chi connectivity index (χ3n) is 5.36.